The van der Waals surface area contributed by atoms with Gasteiger partial charge in [-0.15, -0.1) is 15.0 Å². The van der Waals surface area contributed by atoms with E-state index < -0.39 is 0 Å². The molecule has 0 spiro atoms. The third kappa shape index (κ3) is 2.73. The minimum absolute atomic E-state index is 0.390. The number of aromatic nitrogens is 3. The Morgan fingerprint density at radius 3 is 2.57 bits per heavy atom. The topological polar surface area (TPSA) is 61.0 Å². The molecular weight excluding hydrogens is 264 g/mol. The summed E-state index contributed by atoms with van der Waals surface area (Å²) in [6, 6.07) is 10.1. The van der Waals surface area contributed by atoms with Crippen LogP contribution in [0.1, 0.15) is 11.3 Å². The Kier molecular flexibility index (Phi) is 3.59. The molecule has 1 fully saturated rings. The van der Waals surface area contributed by atoms with Gasteiger partial charge in [-0.3, -0.25) is 0 Å². The fourth-order valence-electron chi connectivity index (χ4n) is 2.47. The first kappa shape index (κ1) is 13.6. The van der Waals surface area contributed by atoms with Gasteiger partial charge in [0.15, 0.2) is 5.82 Å². The number of anilines is 1. The second-order valence-electron chi connectivity index (χ2n) is 5.40. The molecular formula is C15H18N6. The van der Waals surface area contributed by atoms with Crippen LogP contribution in [0.4, 0.5) is 5.82 Å². The minimum Gasteiger partial charge on any atom is -0.350 e. The SMILES string of the molecule is Cc1cccc(-n2nc(C#N)c(N3CCN(C)CC3)n2)c1. The van der Waals surface area contributed by atoms with E-state index >= 15 is 0 Å². The smallest absolute Gasteiger partial charge is 0.207 e. The van der Waals surface area contributed by atoms with E-state index in [1.165, 1.54) is 0 Å². The molecule has 0 radical (unpaired) electrons. The fourth-order valence-corrected chi connectivity index (χ4v) is 2.47. The number of benzene rings is 1. The highest BCUT2D eigenvalue weighted by Gasteiger charge is 2.21. The van der Waals surface area contributed by atoms with Gasteiger partial charge < -0.3 is 9.80 Å². The maximum absolute atomic E-state index is 9.31. The van der Waals surface area contributed by atoms with Gasteiger partial charge in [-0.25, -0.2) is 0 Å². The lowest BCUT2D eigenvalue weighted by Crippen LogP contribution is -2.45. The molecule has 6 heteroatoms. The highest BCUT2D eigenvalue weighted by molar-refractivity contribution is 5.50. The lowest BCUT2D eigenvalue weighted by molar-refractivity contribution is 0.312. The Labute approximate surface area is 124 Å². The molecule has 0 saturated carbocycles. The third-order valence-corrected chi connectivity index (χ3v) is 3.74. The molecule has 108 valence electrons. The number of piperazine rings is 1. The number of nitriles is 1. The molecule has 1 aliphatic heterocycles. The van der Waals surface area contributed by atoms with Gasteiger partial charge in [-0.1, -0.05) is 12.1 Å². The largest absolute Gasteiger partial charge is 0.350 e. The van der Waals surface area contributed by atoms with Crippen molar-refractivity contribution in [3.05, 3.63) is 35.5 Å². The van der Waals surface area contributed by atoms with E-state index in [1.54, 1.807) is 4.80 Å². The first-order valence-electron chi connectivity index (χ1n) is 7.05. The van der Waals surface area contributed by atoms with Crippen molar-refractivity contribution in [1.29, 1.82) is 5.26 Å². The molecule has 2 heterocycles. The molecule has 1 saturated heterocycles. The van der Waals surface area contributed by atoms with E-state index in [1.807, 2.05) is 31.2 Å². The van der Waals surface area contributed by atoms with Gasteiger partial charge in [0.25, 0.3) is 0 Å². The van der Waals surface area contributed by atoms with Gasteiger partial charge in [0.05, 0.1) is 5.69 Å². The van der Waals surface area contributed by atoms with Crippen LogP contribution in [0.25, 0.3) is 5.69 Å². The molecule has 0 unspecified atom stereocenters. The molecule has 6 nitrogen and oxygen atoms in total. The maximum atomic E-state index is 9.31. The molecule has 0 aliphatic carbocycles. The first-order valence-corrected chi connectivity index (χ1v) is 7.05. The van der Waals surface area contributed by atoms with Crippen molar-refractivity contribution in [2.45, 2.75) is 6.92 Å². The summed E-state index contributed by atoms with van der Waals surface area (Å²) in [7, 11) is 2.10. The molecule has 1 aliphatic rings. The zero-order chi connectivity index (χ0) is 14.8. The minimum atomic E-state index is 0.390. The van der Waals surface area contributed by atoms with E-state index in [0.29, 0.717) is 11.5 Å². The van der Waals surface area contributed by atoms with Gasteiger partial charge in [0.1, 0.15) is 6.07 Å². The van der Waals surface area contributed by atoms with E-state index in [2.05, 4.69) is 33.1 Å². The molecule has 3 rings (SSSR count). The number of hydrogen-bond acceptors (Lipinski definition) is 5. The van der Waals surface area contributed by atoms with E-state index in [-0.39, 0.29) is 0 Å². The summed E-state index contributed by atoms with van der Waals surface area (Å²) in [4.78, 5) is 5.96. The zero-order valence-electron chi connectivity index (χ0n) is 12.3. The Balaban J connectivity index is 1.94. The molecule has 0 amide bonds. The van der Waals surface area contributed by atoms with Crippen LogP contribution in [0, 0.1) is 18.3 Å². The number of hydrogen-bond donors (Lipinski definition) is 0. The van der Waals surface area contributed by atoms with E-state index in [9.17, 15) is 5.26 Å². The Bertz CT molecular complexity index is 676. The summed E-state index contributed by atoms with van der Waals surface area (Å²) < 4.78 is 0. The third-order valence-electron chi connectivity index (χ3n) is 3.74. The van der Waals surface area contributed by atoms with Crippen molar-refractivity contribution in [1.82, 2.24) is 19.9 Å². The highest BCUT2D eigenvalue weighted by Crippen LogP contribution is 2.19. The lowest BCUT2D eigenvalue weighted by Gasteiger charge is -2.32. The van der Waals surface area contributed by atoms with Crippen molar-refractivity contribution in [2.24, 2.45) is 0 Å². The maximum Gasteiger partial charge on any atom is 0.207 e. The van der Waals surface area contributed by atoms with Crippen LogP contribution in [0.3, 0.4) is 0 Å². The standard InChI is InChI=1S/C15H18N6/c1-12-4-3-5-13(10-12)21-17-14(11-16)15(18-21)20-8-6-19(2)7-9-20/h3-5,10H,6-9H2,1-2H3. The van der Waals surface area contributed by atoms with Crippen LogP contribution < -0.4 is 4.90 Å². The average molecular weight is 282 g/mol. The number of nitrogens with zero attached hydrogens (tertiary/aromatic N) is 6. The summed E-state index contributed by atoms with van der Waals surface area (Å²) in [6.45, 7) is 5.72. The summed E-state index contributed by atoms with van der Waals surface area (Å²) in [5, 5.41) is 18.2. The molecule has 21 heavy (non-hydrogen) atoms. The van der Waals surface area contributed by atoms with E-state index in [4.69, 9.17) is 0 Å². The van der Waals surface area contributed by atoms with Crippen LogP contribution in [0.5, 0.6) is 0 Å². The number of aryl methyl sites for hydroxylation is 1. The summed E-state index contributed by atoms with van der Waals surface area (Å²) in [5.74, 6) is 0.687. The van der Waals surface area contributed by atoms with Gasteiger partial charge in [-0.2, -0.15) is 5.26 Å². The van der Waals surface area contributed by atoms with Crippen molar-refractivity contribution < 1.29 is 0 Å². The lowest BCUT2D eigenvalue weighted by atomic mass is 10.2. The van der Waals surface area contributed by atoms with Crippen molar-refractivity contribution in [2.75, 3.05) is 38.1 Å². The van der Waals surface area contributed by atoms with Gasteiger partial charge in [-0.05, 0) is 31.7 Å². The van der Waals surface area contributed by atoms with Crippen LogP contribution in [0.2, 0.25) is 0 Å². The van der Waals surface area contributed by atoms with Crippen LogP contribution in [-0.2, 0) is 0 Å². The molecule has 1 aromatic heterocycles. The van der Waals surface area contributed by atoms with Gasteiger partial charge >= 0.3 is 0 Å². The molecule has 0 N–H and O–H groups in total. The Morgan fingerprint density at radius 2 is 1.90 bits per heavy atom. The van der Waals surface area contributed by atoms with Gasteiger partial charge in [0.2, 0.25) is 5.69 Å². The summed E-state index contributed by atoms with van der Waals surface area (Å²) in [5.41, 5.74) is 2.41. The normalized spacial score (nSPS) is 16.0. The number of likely N-dealkylation sites (N-methyl/N-ethyl adjacent to an activating group) is 1. The molecule has 2 aromatic rings. The second-order valence-corrected chi connectivity index (χ2v) is 5.40. The quantitative estimate of drug-likeness (QED) is 0.828. The molecule has 0 atom stereocenters. The molecule has 1 aromatic carbocycles. The predicted molar refractivity (Wildman–Crippen MR) is 80.5 cm³/mol. The monoisotopic (exact) mass is 282 g/mol. The molecule has 0 bridgehead atoms. The van der Waals surface area contributed by atoms with Crippen molar-refractivity contribution >= 4 is 5.82 Å². The van der Waals surface area contributed by atoms with Crippen LogP contribution in [-0.4, -0.2) is 53.1 Å². The Morgan fingerprint density at radius 1 is 1.14 bits per heavy atom. The highest BCUT2D eigenvalue weighted by atomic mass is 15.5. The second kappa shape index (κ2) is 5.54. The van der Waals surface area contributed by atoms with Gasteiger partial charge in [0, 0.05) is 26.2 Å². The van der Waals surface area contributed by atoms with Crippen molar-refractivity contribution in [3.8, 4) is 11.8 Å². The number of rotatable bonds is 2. The predicted octanol–water partition coefficient (Wildman–Crippen LogP) is 1.20. The summed E-state index contributed by atoms with van der Waals surface area (Å²) in [6.07, 6.45) is 0. The van der Waals surface area contributed by atoms with Crippen molar-refractivity contribution in [3.63, 3.8) is 0 Å². The van der Waals surface area contributed by atoms with Crippen LogP contribution in [0.15, 0.2) is 24.3 Å². The summed E-state index contributed by atoms with van der Waals surface area (Å²) >= 11 is 0. The van der Waals surface area contributed by atoms with E-state index in [0.717, 1.165) is 37.4 Å². The first-order chi connectivity index (χ1) is 10.2. The Hall–Kier alpha value is -2.39. The average Bonchev–Trinajstić information content (AvgIpc) is 2.92. The zero-order valence-corrected chi connectivity index (χ0v) is 12.3. The fraction of sp³-hybridized carbons (Fsp3) is 0.400. The van der Waals surface area contributed by atoms with Crippen LogP contribution >= 0.6 is 0 Å².